The van der Waals surface area contributed by atoms with Crippen LogP contribution in [0.1, 0.15) is 11.4 Å². The first-order valence-corrected chi connectivity index (χ1v) is 10.2. The van der Waals surface area contributed by atoms with Crippen molar-refractivity contribution in [3.8, 4) is 11.5 Å². The number of ether oxygens (including phenoxy) is 2. The Morgan fingerprint density at radius 2 is 1.63 bits per heavy atom. The van der Waals surface area contributed by atoms with E-state index >= 15 is 0 Å². The lowest BCUT2D eigenvalue weighted by molar-refractivity contribution is 0.0918. The van der Waals surface area contributed by atoms with Crippen LogP contribution in [-0.4, -0.2) is 27.4 Å². The van der Waals surface area contributed by atoms with E-state index in [0.717, 1.165) is 28.2 Å². The number of fused-ring (bicyclic) bond motifs is 1. The van der Waals surface area contributed by atoms with E-state index in [9.17, 15) is 5.11 Å². The SMILES string of the molecule is Cc1ccccc1OCc1nc2ccccc2n1CC(O)COc1ccccc1Cl. The molecule has 30 heavy (non-hydrogen) atoms. The molecule has 1 atom stereocenters. The predicted molar refractivity (Wildman–Crippen MR) is 118 cm³/mol. The minimum Gasteiger partial charge on any atom is -0.489 e. The molecule has 0 aliphatic heterocycles. The van der Waals surface area contributed by atoms with Crippen LogP contribution in [0.4, 0.5) is 0 Å². The summed E-state index contributed by atoms with van der Waals surface area (Å²) < 4.78 is 13.7. The van der Waals surface area contributed by atoms with Crippen molar-refractivity contribution in [2.75, 3.05) is 6.61 Å². The summed E-state index contributed by atoms with van der Waals surface area (Å²) in [4.78, 5) is 4.71. The first-order chi connectivity index (χ1) is 14.6. The Balaban J connectivity index is 1.51. The van der Waals surface area contributed by atoms with Gasteiger partial charge in [0.2, 0.25) is 0 Å². The van der Waals surface area contributed by atoms with E-state index in [2.05, 4.69) is 0 Å². The van der Waals surface area contributed by atoms with Crippen molar-refractivity contribution in [1.29, 1.82) is 0 Å². The molecule has 1 unspecified atom stereocenters. The second-order valence-electron chi connectivity index (χ2n) is 7.08. The molecule has 0 aliphatic rings. The van der Waals surface area contributed by atoms with Gasteiger partial charge >= 0.3 is 0 Å². The van der Waals surface area contributed by atoms with Crippen LogP contribution in [0.15, 0.2) is 72.8 Å². The van der Waals surface area contributed by atoms with Gasteiger partial charge in [-0.2, -0.15) is 0 Å². The number of nitrogens with zero attached hydrogens (tertiary/aromatic N) is 2. The molecule has 1 heterocycles. The van der Waals surface area contributed by atoms with E-state index in [0.29, 0.717) is 23.9 Å². The van der Waals surface area contributed by atoms with Gasteiger partial charge in [0.25, 0.3) is 0 Å². The molecule has 3 aromatic carbocycles. The molecule has 4 aromatic rings. The van der Waals surface area contributed by atoms with Crippen molar-refractivity contribution < 1.29 is 14.6 Å². The molecule has 4 rings (SSSR count). The number of imidazole rings is 1. The topological polar surface area (TPSA) is 56.5 Å². The van der Waals surface area contributed by atoms with Crippen molar-refractivity contribution in [3.05, 3.63) is 89.2 Å². The highest BCUT2D eigenvalue weighted by Gasteiger charge is 2.16. The Morgan fingerprint density at radius 3 is 2.43 bits per heavy atom. The van der Waals surface area contributed by atoms with Gasteiger partial charge in [-0.25, -0.2) is 4.98 Å². The number of aryl methyl sites for hydroxylation is 1. The van der Waals surface area contributed by atoms with Gasteiger partial charge in [-0.3, -0.25) is 0 Å². The molecule has 6 heteroatoms. The van der Waals surface area contributed by atoms with Gasteiger partial charge in [0, 0.05) is 0 Å². The highest BCUT2D eigenvalue weighted by molar-refractivity contribution is 6.32. The molecule has 0 bridgehead atoms. The van der Waals surface area contributed by atoms with Gasteiger partial charge in [0.1, 0.15) is 36.6 Å². The summed E-state index contributed by atoms with van der Waals surface area (Å²) in [5.41, 5.74) is 2.87. The van der Waals surface area contributed by atoms with Crippen molar-refractivity contribution in [3.63, 3.8) is 0 Å². The van der Waals surface area contributed by atoms with Gasteiger partial charge in [-0.05, 0) is 42.8 Å². The monoisotopic (exact) mass is 422 g/mol. The summed E-state index contributed by atoms with van der Waals surface area (Å²) in [6, 6.07) is 22.9. The quantitative estimate of drug-likeness (QED) is 0.433. The fraction of sp³-hybridized carbons (Fsp3) is 0.208. The lowest BCUT2D eigenvalue weighted by Gasteiger charge is -2.16. The van der Waals surface area contributed by atoms with Crippen molar-refractivity contribution in [1.82, 2.24) is 9.55 Å². The van der Waals surface area contributed by atoms with E-state index in [1.54, 1.807) is 12.1 Å². The summed E-state index contributed by atoms with van der Waals surface area (Å²) in [6.07, 6.45) is -0.740. The maximum Gasteiger partial charge on any atom is 0.148 e. The molecule has 0 saturated carbocycles. The van der Waals surface area contributed by atoms with Gasteiger partial charge in [-0.15, -0.1) is 0 Å². The molecular formula is C24H23ClN2O3. The number of rotatable bonds is 8. The van der Waals surface area contributed by atoms with Crippen LogP contribution in [0.2, 0.25) is 5.02 Å². The Kier molecular flexibility index (Phi) is 6.21. The van der Waals surface area contributed by atoms with E-state index in [-0.39, 0.29) is 6.61 Å². The second kappa shape index (κ2) is 9.20. The summed E-state index contributed by atoms with van der Waals surface area (Å²) >= 11 is 6.13. The minimum absolute atomic E-state index is 0.119. The first-order valence-electron chi connectivity index (χ1n) is 9.80. The molecule has 0 saturated heterocycles. The zero-order valence-corrected chi connectivity index (χ0v) is 17.4. The largest absolute Gasteiger partial charge is 0.489 e. The highest BCUT2D eigenvalue weighted by Crippen LogP contribution is 2.24. The van der Waals surface area contributed by atoms with Crippen molar-refractivity contribution >= 4 is 22.6 Å². The Labute approximate surface area is 180 Å². The van der Waals surface area contributed by atoms with Gasteiger partial charge in [0.15, 0.2) is 0 Å². The van der Waals surface area contributed by atoms with E-state index < -0.39 is 6.10 Å². The van der Waals surface area contributed by atoms with Crippen molar-refractivity contribution in [2.24, 2.45) is 0 Å². The standard InChI is InChI=1S/C24H23ClN2O3/c1-17-8-2-6-12-22(17)30-16-24-26-20-10-4-5-11-21(20)27(24)14-18(28)15-29-23-13-7-3-9-19(23)25/h2-13,18,28H,14-16H2,1H3. The van der Waals surface area contributed by atoms with E-state index in [4.69, 9.17) is 26.1 Å². The summed E-state index contributed by atoms with van der Waals surface area (Å²) in [5, 5.41) is 11.1. The molecule has 1 aromatic heterocycles. The molecule has 0 radical (unpaired) electrons. The first kappa shape index (κ1) is 20.3. The molecule has 0 amide bonds. The average Bonchev–Trinajstić information content (AvgIpc) is 3.10. The maximum atomic E-state index is 10.6. The van der Waals surface area contributed by atoms with Crippen LogP contribution >= 0.6 is 11.6 Å². The number of halogens is 1. The minimum atomic E-state index is -0.740. The van der Waals surface area contributed by atoms with Gasteiger partial charge in [-0.1, -0.05) is 54.1 Å². The molecule has 5 nitrogen and oxygen atoms in total. The zero-order valence-electron chi connectivity index (χ0n) is 16.7. The number of benzene rings is 3. The Bertz CT molecular complexity index is 1140. The maximum absolute atomic E-state index is 10.6. The molecular weight excluding hydrogens is 400 g/mol. The van der Waals surface area contributed by atoms with Crippen molar-refractivity contribution in [2.45, 2.75) is 26.2 Å². The zero-order chi connectivity index (χ0) is 20.9. The third-order valence-corrected chi connectivity index (χ3v) is 5.16. The second-order valence-corrected chi connectivity index (χ2v) is 7.48. The number of aromatic nitrogens is 2. The van der Waals surface area contributed by atoms with Gasteiger partial charge in [0.05, 0.1) is 22.6 Å². The number of hydrogen-bond donors (Lipinski definition) is 1. The third-order valence-electron chi connectivity index (χ3n) is 4.85. The van der Waals surface area contributed by atoms with E-state index in [1.807, 2.05) is 72.2 Å². The Morgan fingerprint density at radius 1 is 0.933 bits per heavy atom. The number of aliphatic hydroxyl groups excluding tert-OH is 1. The van der Waals surface area contributed by atoms with Crippen LogP contribution in [0.3, 0.4) is 0 Å². The summed E-state index contributed by atoms with van der Waals surface area (Å²) in [7, 11) is 0. The molecule has 0 aliphatic carbocycles. The third kappa shape index (κ3) is 4.58. The smallest absolute Gasteiger partial charge is 0.148 e. The Hall–Kier alpha value is -3.02. The molecule has 0 spiro atoms. The summed E-state index contributed by atoms with van der Waals surface area (Å²) in [6.45, 7) is 2.76. The van der Waals surface area contributed by atoms with Crippen LogP contribution in [0.5, 0.6) is 11.5 Å². The lowest BCUT2D eigenvalue weighted by atomic mass is 10.2. The van der Waals surface area contributed by atoms with Crippen LogP contribution in [-0.2, 0) is 13.2 Å². The predicted octanol–water partition coefficient (Wildman–Crippen LogP) is 5.02. The van der Waals surface area contributed by atoms with Crippen LogP contribution < -0.4 is 9.47 Å². The normalized spacial score (nSPS) is 12.1. The molecule has 154 valence electrons. The van der Waals surface area contributed by atoms with Crippen LogP contribution in [0, 0.1) is 6.92 Å². The molecule has 0 fully saturated rings. The fourth-order valence-electron chi connectivity index (χ4n) is 3.31. The van der Waals surface area contributed by atoms with Gasteiger partial charge < -0.3 is 19.1 Å². The fourth-order valence-corrected chi connectivity index (χ4v) is 3.50. The summed E-state index contributed by atoms with van der Waals surface area (Å²) in [5.74, 6) is 2.12. The van der Waals surface area contributed by atoms with Crippen LogP contribution in [0.25, 0.3) is 11.0 Å². The number of para-hydroxylation sites is 4. The number of aliphatic hydroxyl groups is 1. The lowest BCUT2D eigenvalue weighted by Crippen LogP contribution is -2.25. The molecule has 1 N–H and O–H groups in total. The highest BCUT2D eigenvalue weighted by atomic mass is 35.5. The van der Waals surface area contributed by atoms with E-state index in [1.165, 1.54) is 0 Å². The average molecular weight is 423 g/mol. The number of hydrogen-bond acceptors (Lipinski definition) is 4.